The summed E-state index contributed by atoms with van der Waals surface area (Å²) in [6, 6.07) is 9.61. The second-order valence-electron chi connectivity index (χ2n) is 8.41. The number of anilines is 1. The van der Waals surface area contributed by atoms with Crippen molar-refractivity contribution in [3.63, 3.8) is 0 Å². The number of aromatic nitrogens is 3. The first-order valence-corrected chi connectivity index (χ1v) is 13.8. The molecule has 1 N–H and O–H groups in total. The van der Waals surface area contributed by atoms with E-state index < -0.39 is 5.97 Å². The summed E-state index contributed by atoms with van der Waals surface area (Å²) < 4.78 is 13.1. The lowest BCUT2D eigenvalue weighted by molar-refractivity contribution is -0.113. The number of benzene rings is 1. The molecule has 190 valence electrons. The van der Waals surface area contributed by atoms with E-state index in [-0.39, 0.29) is 18.3 Å². The summed E-state index contributed by atoms with van der Waals surface area (Å²) in [6.07, 6.45) is 6.76. The molecule has 0 aliphatic heterocycles. The third kappa shape index (κ3) is 6.36. The predicted molar refractivity (Wildman–Crippen MR) is 143 cm³/mol. The number of hydrogen-bond donors (Lipinski definition) is 1. The van der Waals surface area contributed by atoms with Crippen LogP contribution in [-0.4, -0.2) is 45.1 Å². The summed E-state index contributed by atoms with van der Waals surface area (Å²) in [7, 11) is 0. The lowest BCUT2D eigenvalue weighted by Crippen LogP contribution is -2.16. The summed E-state index contributed by atoms with van der Waals surface area (Å²) >= 11 is 2.62. The molecule has 1 amide bonds. The Hall–Kier alpha value is -3.11. The number of thiophene rings is 1. The molecule has 0 bridgehead atoms. The van der Waals surface area contributed by atoms with E-state index in [9.17, 15) is 9.59 Å². The fourth-order valence-corrected chi connectivity index (χ4v) is 5.71. The molecule has 3 aromatic rings. The number of nitrogens with zero attached hydrogens (tertiary/aromatic N) is 3. The van der Waals surface area contributed by atoms with Gasteiger partial charge in [0.25, 0.3) is 0 Å². The number of carbonyl (C=O) groups excluding carboxylic acids is 2. The van der Waals surface area contributed by atoms with Crippen LogP contribution in [0.3, 0.4) is 0 Å². The van der Waals surface area contributed by atoms with E-state index in [1.807, 2.05) is 35.8 Å². The van der Waals surface area contributed by atoms with Gasteiger partial charge in [0.2, 0.25) is 5.91 Å². The van der Waals surface area contributed by atoms with Gasteiger partial charge in [-0.2, -0.15) is 0 Å². The standard InChI is InChI=1S/C26H30N4O4S2/c1-4-14-30-23(18-10-12-20(13-11-18)34-19-8-6-7-9-19)28-29-26(30)35-16-22(31)27-24-21(15-17(3)36-24)25(32)33-5-2/h4,10-13,15,19H,1,5-9,14,16H2,2-3H3,(H,27,31). The number of nitrogens with one attached hydrogen (secondary N) is 1. The van der Waals surface area contributed by atoms with Crippen molar-refractivity contribution in [3.05, 3.63) is 53.4 Å². The topological polar surface area (TPSA) is 95.3 Å². The molecule has 0 radical (unpaired) electrons. The van der Waals surface area contributed by atoms with E-state index in [0.717, 1.165) is 29.0 Å². The van der Waals surface area contributed by atoms with Crippen molar-refractivity contribution in [3.8, 4) is 17.1 Å². The van der Waals surface area contributed by atoms with Gasteiger partial charge in [-0.1, -0.05) is 17.8 Å². The van der Waals surface area contributed by atoms with Crippen LogP contribution in [0.4, 0.5) is 5.00 Å². The number of hydrogen-bond acceptors (Lipinski definition) is 8. The number of aryl methyl sites for hydroxylation is 1. The van der Waals surface area contributed by atoms with Crippen LogP contribution in [0, 0.1) is 6.92 Å². The van der Waals surface area contributed by atoms with E-state index in [1.54, 1.807) is 19.1 Å². The van der Waals surface area contributed by atoms with Gasteiger partial charge in [0.1, 0.15) is 10.8 Å². The fraction of sp³-hybridized carbons (Fsp3) is 0.385. The third-order valence-corrected chi connectivity index (χ3v) is 7.61. The van der Waals surface area contributed by atoms with Gasteiger partial charge in [0, 0.05) is 17.0 Å². The van der Waals surface area contributed by atoms with Crippen LogP contribution in [-0.2, 0) is 16.1 Å². The number of ether oxygens (including phenoxy) is 2. The molecule has 1 aromatic carbocycles. The number of carbonyl (C=O) groups is 2. The van der Waals surface area contributed by atoms with Gasteiger partial charge in [-0.15, -0.1) is 28.1 Å². The Labute approximate surface area is 219 Å². The first-order chi connectivity index (χ1) is 17.5. The molecule has 0 atom stereocenters. The molecule has 1 saturated carbocycles. The normalized spacial score (nSPS) is 13.5. The number of allylic oxidation sites excluding steroid dienone is 1. The maximum absolute atomic E-state index is 12.7. The minimum absolute atomic E-state index is 0.114. The van der Waals surface area contributed by atoms with Crippen molar-refractivity contribution < 1.29 is 19.1 Å². The monoisotopic (exact) mass is 526 g/mol. The van der Waals surface area contributed by atoms with Gasteiger partial charge < -0.3 is 14.8 Å². The zero-order valence-electron chi connectivity index (χ0n) is 20.5. The molecule has 0 unspecified atom stereocenters. The largest absolute Gasteiger partial charge is 0.490 e. The van der Waals surface area contributed by atoms with Gasteiger partial charge in [-0.25, -0.2) is 4.79 Å². The van der Waals surface area contributed by atoms with Gasteiger partial charge in [0.05, 0.1) is 24.0 Å². The Bertz CT molecular complexity index is 1210. The van der Waals surface area contributed by atoms with Crippen LogP contribution in [0.5, 0.6) is 5.75 Å². The quantitative estimate of drug-likeness (QED) is 0.194. The molecule has 2 aromatic heterocycles. The molecule has 0 saturated heterocycles. The fourth-order valence-electron chi connectivity index (χ4n) is 4.04. The first kappa shape index (κ1) is 26.0. The number of rotatable bonds is 11. The Kier molecular flexibility index (Phi) is 8.82. The van der Waals surface area contributed by atoms with E-state index in [2.05, 4.69) is 22.1 Å². The first-order valence-electron chi connectivity index (χ1n) is 12.0. The van der Waals surface area contributed by atoms with Crippen molar-refractivity contribution in [2.24, 2.45) is 0 Å². The third-order valence-electron chi connectivity index (χ3n) is 5.68. The predicted octanol–water partition coefficient (Wildman–Crippen LogP) is 5.73. The zero-order valence-corrected chi connectivity index (χ0v) is 22.1. The molecule has 1 aliphatic rings. The number of thioether (sulfide) groups is 1. The van der Waals surface area contributed by atoms with Crippen molar-refractivity contribution in [1.29, 1.82) is 0 Å². The average molecular weight is 527 g/mol. The summed E-state index contributed by atoms with van der Waals surface area (Å²) in [6.45, 7) is 8.25. The number of esters is 1. The van der Waals surface area contributed by atoms with Gasteiger partial charge in [-0.3, -0.25) is 9.36 Å². The van der Waals surface area contributed by atoms with Crippen LogP contribution in [0.25, 0.3) is 11.4 Å². The summed E-state index contributed by atoms with van der Waals surface area (Å²) in [4.78, 5) is 25.8. The minimum atomic E-state index is -0.445. The molecule has 2 heterocycles. The SMILES string of the molecule is C=CCn1c(SCC(=O)Nc2sc(C)cc2C(=O)OCC)nnc1-c1ccc(OC2CCCC2)cc1. The highest BCUT2D eigenvalue weighted by Crippen LogP contribution is 2.30. The molecular formula is C26H30N4O4S2. The van der Waals surface area contributed by atoms with Crippen molar-refractivity contribution in [2.75, 3.05) is 17.7 Å². The molecule has 1 fully saturated rings. The van der Waals surface area contributed by atoms with Crippen LogP contribution >= 0.6 is 23.1 Å². The Morgan fingerprint density at radius 2 is 2.00 bits per heavy atom. The van der Waals surface area contributed by atoms with Crippen molar-refractivity contribution in [1.82, 2.24) is 14.8 Å². The Balaban J connectivity index is 1.42. The van der Waals surface area contributed by atoms with Crippen molar-refractivity contribution >= 4 is 40.0 Å². The molecule has 4 rings (SSSR count). The van der Waals surface area contributed by atoms with E-state index in [4.69, 9.17) is 9.47 Å². The average Bonchev–Trinajstić information content (AvgIpc) is 3.60. The Morgan fingerprint density at radius 1 is 1.25 bits per heavy atom. The van der Waals surface area contributed by atoms with E-state index >= 15 is 0 Å². The Morgan fingerprint density at radius 3 is 2.69 bits per heavy atom. The summed E-state index contributed by atoms with van der Waals surface area (Å²) in [5.74, 6) is 0.986. The lowest BCUT2D eigenvalue weighted by atomic mass is 10.2. The van der Waals surface area contributed by atoms with Gasteiger partial charge >= 0.3 is 5.97 Å². The highest BCUT2D eigenvalue weighted by atomic mass is 32.2. The molecule has 36 heavy (non-hydrogen) atoms. The second-order valence-corrected chi connectivity index (χ2v) is 10.6. The molecule has 8 nitrogen and oxygen atoms in total. The van der Waals surface area contributed by atoms with E-state index in [0.29, 0.717) is 34.2 Å². The molecule has 1 aliphatic carbocycles. The zero-order chi connectivity index (χ0) is 25.5. The van der Waals surface area contributed by atoms with Crippen molar-refractivity contribution in [2.45, 2.75) is 57.3 Å². The second kappa shape index (κ2) is 12.2. The maximum Gasteiger partial charge on any atom is 0.341 e. The van der Waals surface area contributed by atoms with Crippen LogP contribution in [0.1, 0.15) is 47.8 Å². The molecule has 0 spiro atoms. The lowest BCUT2D eigenvalue weighted by Gasteiger charge is -2.13. The summed E-state index contributed by atoms with van der Waals surface area (Å²) in [5, 5.41) is 12.6. The number of amides is 1. The van der Waals surface area contributed by atoms with Crippen LogP contribution in [0.15, 0.2) is 48.1 Å². The summed E-state index contributed by atoms with van der Waals surface area (Å²) in [5.41, 5.74) is 1.28. The highest BCUT2D eigenvalue weighted by molar-refractivity contribution is 7.99. The van der Waals surface area contributed by atoms with Crippen LogP contribution < -0.4 is 10.1 Å². The highest BCUT2D eigenvalue weighted by Gasteiger charge is 2.20. The minimum Gasteiger partial charge on any atom is -0.490 e. The molecular weight excluding hydrogens is 496 g/mol. The van der Waals surface area contributed by atoms with Gasteiger partial charge in [0.15, 0.2) is 11.0 Å². The van der Waals surface area contributed by atoms with Gasteiger partial charge in [-0.05, 0) is 69.9 Å². The van der Waals surface area contributed by atoms with E-state index in [1.165, 1.54) is 35.9 Å². The molecule has 10 heteroatoms. The van der Waals surface area contributed by atoms with Crippen LogP contribution in [0.2, 0.25) is 0 Å². The maximum atomic E-state index is 12.7. The smallest absolute Gasteiger partial charge is 0.341 e.